The van der Waals surface area contributed by atoms with Crippen LogP contribution in [0.15, 0.2) is 12.2 Å². The fraction of sp³-hybridized carbons (Fsp3) is 0.714. The predicted molar refractivity (Wildman–Crippen MR) is 46.3 cm³/mol. The van der Waals surface area contributed by atoms with Crippen LogP contribution in [-0.2, 0) is 0 Å². The number of likely N-dealkylation sites (N-methyl/N-ethyl adjacent to an activating group) is 1. The van der Waals surface area contributed by atoms with Crippen LogP contribution < -0.4 is 0 Å². The van der Waals surface area contributed by atoms with Gasteiger partial charge in [0.15, 0.2) is 0 Å². The quantitative estimate of drug-likeness (QED) is 0.432. The molecule has 2 heteroatoms. The van der Waals surface area contributed by atoms with Crippen LogP contribution in [0.2, 0.25) is 0 Å². The summed E-state index contributed by atoms with van der Waals surface area (Å²) in [7, 11) is 3.02. The second-order valence-corrected chi connectivity index (χ2v) is 3.39. The van der Waals surface area contributed by atoms with Gasteiger partial charge in [0.25, 0.3) is 0 Å². The molecule has 0 aliphatic rings. The summed E-state index contributed by atoms with van der Waals surface area (Å²) in [6.07, 6.45) is 1.11. The summed E-state index contributed by atoms with van der Waals surface area (Å²) in [4.78, 5) is 0. The lowest BCUT2D eigenvalue weighted by Crippen LogP contribution is -2.09. The van der Waals surface area contributed by atoms with Crippen LogP contribution in [0.3, 0.4) is 0 Å². The predicted octanol–water partition coefficient (Wildman–Crippen LogP) is 2.11. The topological polar surface area (TPSA) is 3.24 Å². The van der Waals surface area contributed by atoms with Crippen molar-refractivity contribution in [1.82, 2.24) is 4.67 Å². The van der Waals surface area contributed by atoms with E-state index in [2.05, 4.69) is 31.9 Å². The van der Waals surface area contributed by atoms with E-state index >= 15 is 0 Å². The largest absolute Gasteiger partial charge is 0.284 e. The van der Waals surface area contributed by atoms with E-state index in [1.54, 1.807) is 0 Å². The fourth-order valence-corrected chi connectivity index (χ4v) is 0.908. The van der Waals surface area contributed by atoms with Gasteiger partial charge in [-0.1, -0.05) is 27.8 Å². The molecule has 0 bridgehead atoms. The molecule has 1 nitrogen and oxygen atoms in total. The van der Waals surface area contributed by atoms with Crippen molar-refractivity contribution in [1.29, 1.82) is 0 Å². The smallest absolute Gasteiger partial charge is 0.0223 e. The third-order valence-corrected chi connectivity index (χ3v) is 2.26. The first-order valence-electron chi connectivity index (χ1n) is 3.25. The van der Waals surface area contributed by atoms with E-state index in [1.807, 2.05) is 0 Å². The molecule has 0 aromatic carbocycles. The van der Waals surface area contributed by atoms with Crippen molar-refractivity contribution in [3.05, 3.63) is 12.2 Å². The second kappa shape index (κ2) is 4.96. The lowest BCUT2D eigenvalue weighted by atomic mass is 10.2. The van der Waals surface area contributed by atoms with Crippen molar-refractivity contribution in [2.45, 2.75) is 13.3 Å². The van der Waals surface area contributed by atoms with Gasteiger partial charge >= 0.3 is 0 Å². The van der Waals surface area contributed by atoms with Crippen LogP contribution in [0.4, 0.5) is 0 Å². The highest BCUT2D eigenvalue weighted by Crippen LogP contribution is 2.11. The molecule has 0 heterocycles. The first-order chi connectivity index (χ1) is 4.20. The zero-order chi connectivity index (χ0) is 7.28. The maximum atomic E-state index is 3.92. The average molecular weight is 145 g/mol. The molecule has 0 spiro atoms. The maximum absolute atomic E-state index is 3.92. The average Bonchev–Trinajstić information content (AvgIpc) is 1.87. The zero-order valence-electron chi connectivity index (χ0n) is 6.57. The Morgan fingerprint density at radius 2 is 2.22 bits per heavy atom. The number of nitrogens with zero attached hydrogens (tertiary/aromatic N) is 1. The summed E-state index contributed by atoms with van der Waals surface area (Å²) in [6, 6.07) is 0. The van der Waals surface area contributed by atoms with Crippen molar-refractivity contribution >= 4 is 8.73 Å². The molecule has 9 heavy (non-hydrogen) atoms. The fourth-order valence-electron chi connectivity index (χ4n) is 0.526. The van der Waals surface area contributed by atoms with Crippen molar-refractivity contribution < 1.29 is 0 Å². The molecule has 54 valence electrons. The van der Waals surface area contributed by atoms with E-state index < -0.39 is 0 Å². The molecule has 0 amide bonds. The summed E-state index contributed by atoms with van der Waals surface area (Å²) >= 11 is 0. The Bertz CT molecular complexity index is 90.9. The summed E-state index contributed by atoms with van der Waals surface area (Å²) < 4.78 is 2.28. The van der Waals surface area contributed by atoms with Gasteiger partial charge in [-0.25, -0.2) is 0 Å². The van der Waals surface area contributed by atoms with Gasteiger partial charge in [-0.2, -0.15) is 0 Å². The van der Waals surface area contributed by atoms with Gasteiger partial charge in [0, 0.05) is 6.54 Å². The molecule has 1 unspecified atom stereocenters. The Morgan fingerprint density at radius 3 is 2.56 bits per heavy atom. The van der Waals surface area contributed by atoms with Gasteiger partial charge in [0.2, 0.25) is 0 Å². The molecule has 0 saturated carbocycles. The first kappa shape index (κ1) is 9.13. The Kier molecular flexibility index (Phi) is 5.03. The molecular formula is C7H16NP. The maximum Gasteiger partial charge on any atom is 0.0223 e. The Morgan fingerprint density at radius 1 is 1.67 bits per heavy atom. The first-order valence-corrected chi connectivity index (χ1v) is 4.70. The van der Waals surface area contributed by atoms with E-state index in [-0.39, 0.29) is 0 Å². The van der Waals surface area contributed by atoms with Gasteiger partial charge in [0.05, 0.1) is 0 Å². The Balaban J connectivity index is 3.34. The zero-order valence-corrected chi connectivity index (χ0v) is 7.57. The number of rotatable bonds is 4. The second-order valence-electron chi connectivity index (χ2n) is 2.18. The molecule has 0 N–H and O–H groups in total. The van der Waals surface area contributed by atoms with Crippen LogP contribution in [0, 0.1) is 0 Å². The van der Waals surface area contributed by atoms with Crippen molar-refractivity contribution in [2.24, 2.45) is 0 Å². The van der Waals surface area contributed by atoms with E-state index in [9.17, 15) is 0 Å². The molecule has 0 radical (unpaired) electrons. The summed E-state index contributed by atoms with van der Waals surface area (Å²) in [5.74, 6) is 0. The van der Waals surface area contributed by atoms with E-state index in [0.29, 0.717) is 0 Å². The van der Waals surface area contributed by atoms with Gasteiger partial charge in [-0.05, 0) is 20.1 Å². The van der Waals surface area contributed by atoms with Crippen molar-refractivity contribution in [3.63, 3.8) is 0 Å². The van der Waals surface area contributed by atoms with Crippen LogP contribution in [-0.4, -0.2) is 24.9 Å². The third-order valence-electron chi connectivity index (χ3n) is 1.34. The highest BCUT2D eigenvalue weighted by Gasteiger charge is 1.94. The highest BCUT2D eigenvalue weighted by molar-refractivity contribution is 7.34. The minimum atomic E-state index is 0.900. The van der Waals surface area contributed by atoms with Crippen LogP contribution in [0.25, 0.3) is 0 Å². The van der Waals surface area contributed by atoms with E-state index in [4.69, 9.17) is 0 Å². The Labute approximate surface area is 60.0 Å². The van der Waals surface area contributed by atoms with Crippen molar-refractivity contribution in [3.8, 4) is 0 Å². The number of hydrogen-bond donors (Lipinski definition) is 0. The van der Waals surface area contributed by atoms with Crippen molar-refractivity contribution in [2.75, 3.05) is 20.3 Å². The van der Waals surface area contributed by atoms with Crippen LogP contribution in [0.5, 0.6) is 0 Å². The minimum absolute atomic E-state index is 0.900. The third kappa shape index (κ3) is 4.62. The summed E-state index contributed by atoms with van der Waals surface area (Å²) in [6.45, 7) is 9.32. The summed E-state index contributed by atoms with van der Waals surface area (Å²) in [5, 5.41) is 0. The molecule has 0 aliphatic heterocycles. The minimum Gasteiger partial charge on any atom is -0.284 e. The standard InChI is InChI=1S/C7H16NP/c1-5-7(2)6-8(3)9-4/h9H,2,5-6H2,1,3-4H3. The molecule has 0 saturated heterocycles. The number of hydrogen-bond acceptors (Lipinski definition) is 1. The lowest BCUT2D eigenvalue weighted by Gasteiger charge is -2.13. The highest BCUT2D eigenvalue weighted by atomic mass is 31.1. The van der Waals surface area contributed by atoms with Gasteiger partial charge < -0.3 is 0 Å². The Hall–Kier alpha value is 0.130. The molecule has 0 aromatic rings. The monoisotopic (exact) mass is 145 g/mol. The summed E-state index contributed by atoms with van der Waals surface area (Å²) in [5.41, 5.74) is 1.33. The molecular weight excluding hydrogens is 129 g/mol. The molecule has 0 rings (SSSR count). The molecule has 1 atom stereocenters. The molecule has 0 fully saturated rings. The normalized spacial score (nSPS) is 11.6. The van der Waals surface area contributed by atoms with Crippen LogP contribution >= 0.6 is 8.73 Å². The van der Waals surface area contributed by atoms with E-state index in [0.717, 1.165) is 21.7 Å². The van der Waals surface area contributed by atoms with Gasteiger partial charge in [-0.3, -0.25) is 4.67 Å². The SMILES string of the molecule is C=C(CC)CN(C)PC. The van der Waals surface area contributed by atoms with Gasteiger partial charge in [0.1, 0.15) is 0 Å². The molecule has 0 aromatic heterocycles. The van der Waals surface area contributed by atoms with Crippen LogP contribution in [0.1, 0.15) is 13.3 Å². The van der Waals surface area contributed by atoms with E-state index in [1.165, 1.54) is 5.57 Å². The lowest BCUT2D eigenvalue weighted by molar-refractivity contribution is 0.601. The molecule has 0 aliphatic carbocycles. The van der Waals surface area contributed by atoms with Gasteiger partial charge in [-0.15, -0.1) is 0 Å².